The SMILES string of the molecule is N[C@@H](c1cc(F)ccc1O)[C@H](O)C1CCCCC1. The number of aliphatic hydroxyl groups is 1. The Morgan fingerprint density at radius 1 is 1.22 bits per heavy atom. The number of nitrogens with two attached hydrogens (primary N) is 1. The van der Waals surface area contributed by atoms with E-state index in [1.165, 1.54) is 24.6 Å². The summed E-state index contributed by atoms with van der Waals surface area (Å²) in [5.41, 5.74) is 6.25. The quantitative estimate of drug-likeness (QED) is 0.775. The molecule has 18 heavy (non-hydrogen) atoms. The first-order valence-electron chi connectivity index (χ1n) is 6.51. The summed E-state index contributed by atoms with van der Waals surface area (Å²) >= 11 is 0. The van der Waals surface area contributed by atoms with Crippen molar-refractivity contribution in [1.29, 1.82) is 0 Å². The van der Waals surface area contributed by atoms with E-state index in [4.69, 9.17) is 5.73 Å². The zero-order valence-corrected chi connectivity index (χ0v) is 10.3. The van der Waals surface area contributed by atoms with Gasteiger partial charge in [-0.25, -0.2) is 4.39 Å². The van der Waals surface area contributed by atoms with Crippen LogP contribution in [-0.2, 0) is 0 Å². The molecule has 1 aromatic rings. The summed E-state index contributed by atoms with van der Waals surface area (Å²) in [6.45, 7) is 0. The van der Waals surface area contributed by atoms with Crippen LogP contribution in [0.2, 0.25) is 0 Å². The first kappa shape index (κ1) is 13.3. The summed E-state index contributed by atoms with van der Waals surface area (Å²) in [5.74, 6) is -0.357. The van der Waals surface area contributed by atoms with E-state index in [0.29, 0.717) is 0 Å². The normalized spacial score (nSPS) is 20.6. The standard InChI is InChI=1S/C14H20FNO2/c15-10-6-7-12(17)11(8-10)13(16)14(18)9-4-2-1-3-5-9/h6-9,13-14,17-18H,1-5,16H2/t13-,14+/m0/s1. The molecule has 100 valence electrons. The number of hydrogen-bond donors (Lipinski definition) is 3. The van der Waals surface area contributed by atoms with Gasteiger partial charge in [0.05, 0.1) is 12.1 Å². The molecule has 1 aliphatic rings. The van der Waals surface area contributed by atoms with E-state index >= 15 is 0 Å². The summed E-state index contributed by atoms with van der Waals surface area (Å²) in [4.78, 5) is 0. The van der Waals surface area contributed by atoms with Gasteiger partial charge in [0, 0.05) is 5.56 Å². The van der Waals surface area contributed by atoms with Crippen LogP contribution in [0.5, 0.6) is 5.75 Å². The molecule has 0 spiro atoms. The molecule has 0 aliphatic heterocycles. The number of aliphatic hydroxyl groups excluding tert-OH is 1. The minimum atomic E-state index is -0.733. The van der Waals surface area contributed by atoms with Crippen LogP contribution in [-0.4, -0.2) is 16.3 Å². The minimum absolute atomic E-state index is 0.0567. The second-order valence-corrected chi connectivity index (χ2v) is 5.12. The molecule has 1 fully saturated rings. The maximum atomic E-state index is 13.2. The van der Waals surface area contributed by atoms with E-state index in [2.05, 4.69) is 0 Å². The van der Waals surface area contributed by atoms with Crippen molar-refractivity contribution < 1.29 is 14.6 Å². The van der Waals surface area contributed by atoms with E-state index in [0.717, 1.165) is 25.7 Å². The van der Waals surface area contributed by atoms with Crippen molar-refractivity contribution in [3.05, 3.63) is 29.6 Å². The van der Waals surface area contributed by atoms with Gasteiger partial charge in [-0.05, 0) is 37.0 Å². The molecule has 0 unspecified atom stereocenters. The van der Waals surface area contributed by atoms with Gasteiger partial charge in [0.1, 0.15) is 11.6 Å². The van der Waals surface area contributed by atoms with Crippen LogP contribution in [0.25, 0.3) is 0 Å². The zero-order chi connectivity index (χ0) is 13.1. The fourth-order valence-electron chi connectivity index (χ4n) is 2.75. The first-order chi connectivity index (χ1) is 8.59. The Labute approximate surface area is 106 Å². The van der Waals surface area contributed by atoms with Crippen molar-refractivity contribution in [2.24, 2.45) is 11.7 Å². The van der Waals surface area contributed by atoms with Gasteiger partial charge in [0.15, 0.2) is 0 Å². The van der Waals surface area contributed by atoms with Gasteiger partial charge in [0.2, 0.25) is 0 Å². The van der Waals surface area contributed by atoms with Crippen LogP contribution in [0.3, 0.4) is 0 Å². The van der Waals surface area contributed by atoms with Gasteiger partial charge >= 0.3 is 0 Å². The molecular formula is C14H20FNO2. The number of aromatic hydroxyl groups is 1. The lowest BCUT2D eigenvalue weighted by Gasteiger charge is -2.30. The van der Waals surface area contributed by atoms with Crippen LogP contribution in [0, 0.1) is 11.7 Å². The average Bonchev–Trinajstić information content (AvgIpc) is 2.41. The van der Waals surface area contributed by atoms with E-state index in [9.17, 15) is 14.6 Å². The Balaban J connectivity index is 2.13. The predicted octanol–water partition coefficient (Wildman–Crippen LogP) is 2.47. The van der Waals surface area contributed by atoms with E-state index in [1.807, 2.05) is 0 Å². The van der Waals surface area contributed by atoms with Crippen molar-refractivity contribution in [3.63, 3.8) is 0 Å². The highest BCUT2D eigenvalue weighted by atomic mass is 19.1. The zero-order valence-electron chi connectivity index (χ0n) is 10.3. The first-order valence-corrected chi connectivity index (χ1v) is 6.51. The van der Waals surface area contributed by atoms with Crippen molar-refractivity contribution in [2.45, 2.75) is 44.2 Å². The smallest absolute Gasteiger partial charge is 0.123 e. The van der Waals surface area contributed by atoms with Gasteiger partial charge in [-0.15, -0.1) is 0 Å². The minimum Gasteiger partial charge on any atom is -0.508 e. The fourth-order valence-corrected chi connectivity index (χ4v) is 2.75. The summed E-state index contributed by atoms with van der Waals surface area (Å²) < 4.78 is 13.2. The molecule has 1 aromatic carbocycles. The largest absolute Gasteiger partial charge is 0.508 e. The number of phenols is 1. The van der Waals surface area contributed by atoms with Crippen LogP contribution in [0.15, 0.2) is 18.2 Å². The number of benzene rings is 1. The van der Waals surface area contributed by atoms with Gasteiger partial charge in [-0.1, -0.05) is 19.3 Å². The summed E-state index contributed by atoms with van der Waals surface area (Å²) in [6.07, 6.45) is 4.57. The van der Waals surface area contributed by atoms with Gasteiger partial charge in [-0.2, -0.15) is 0 Å². The Morgan fingerprint density at radius 2 is 1.89 bits per heavy atom. The van der Waals surface area contributed by atoms with Crippen LogP contribution >= 0.6 is 0 Å². The van der Waals surface area contributed by atoms with Gasteiger partial charge in [0.25, 0.3) is 0 Å². The highest BCUT2D eigenvalue weighted by molar-refractivity contribution is 5.35. The van der Waals surface area contributed by atoms with Crippen molar-refractivity contribution in [2.75, 3.05) is 0 Å². The molecule has 4 N–H and O–H groups in total. The molecule has 2 atom stereocenters. The fraction of sp³-hybridized carbons (Fsp3) is 0.571. The Hall–Kier alpha value is -1.13. The van der Waals surface area contributed by atoms with Crippen LogP contribution in [0.1, 0.15) is 43.7 Å². The topological polar surface area (TPSA) is 66.5 Å². The maximum absolute atomic E-state index is 13.2. The molecule has 4 heteroatoms. The molecule has 0 aromatic heterocycles. The maximum Gasteiger partial charge on any atom is 0.123 e. The molecule has 0 saturated heterocycles. The monoisotopic (exact) mass is 253 g/mol. The van der Waals surface area contributed by atoms with Gasteiger partial charge < -0.3 is 15.9 Å². The third-order valence-electron chi connectivity index (χ3n) is 3.85. The highest BCUT2D eigenvalue weighted by Crippen LogP contribution is 2.34. The van der Waals surface area contributed by atoms with Gasteiger partial charge in [-0.3, -0.25) is 0 Å². The molecule has 3 nitrogen and oxygen atoms in total. The second kappa shape index (κ2) is 5.67. The molecule has 0 radical (unpaired) electrons. The highest BCUT2D eigenvalue weighted by Gasteiger charge is 2.29. The predicted molar refractivity (Wildman–Crippen MR) is 67.6 cm³/mol. The van der Waals surface area contributed by atoms with Crippen LogP contribution in [0.4, 0.5) is 4.39 Å². The lowest BCUT2D eigenvalue weighted by Crippen LogP contribution is -2.34. The van der Waals surface area contributed by atoms with Crippen molar-refractivity contribution in [1.82, 2.24) is 0 Å². The average molecular weight is 253 g/mol. The van der Waals surface area contributed by atoms with E-state index < -0.39 is 18.0 Å². The summed E-state index contributed by atoms with van der Waals surface area (Å²) in [5, 5.41) is 19.9. The summed E-state index contributed by atoms with van der Waals surface area (Å²) in [7, 11) is 0. The number of phenolic OH excluding ortho intramolecular Hbond substituents is 1. The molecule has 0 amide bonds. The second-order valence-electron chi connectivity index (χ2n) is 5.12. The van der Waals surface area contributed by atoms with E-state index in [-0.39, 0.29) is 17.2 Å². The Bertz CT molecular complexity index is 405. The molecule has 0 bridgehead atoms. The molecule has 2 rings (SSSR count). The summed E-state index contributed by atoms with van der Waals surface area (Å²) in [6, 6.07) is 2.92. The number of rotatable bonds is 3. The number of halogens is 1. The number of hydrogen-bond acceptors (Lipinski definition) is 3. The van der Waals surface area contributed by atoms with E-state index in [1.54, 1.807) is 0 Å². The molecule has 1 saturated carbocycles. The Kier molecular flexibility index (Phi) is 4.19. The third-order valence-corrected chi connectivity index (χ3v) is 3.85. The molecule has 1 aliphatic carbocycles. The van der Waals surface area contributed by atoms with Crippen molar-refractivity contribution in [3.8, 4) is 5.75 Å². The van der Waals surface area contributed by atoms with Crippen LogP contribution < -0.4 is 5.73 Å². The lowest BCUT2D eigenvalue weighted by molar-refractivity contribution is 0.0610. The lowest BCUT2D eigenvalue weighted by atomic mass is 9.81. The molecule has 0 heterocycles. The molecular weight excluding hydrogens is 233 g/mol. The third kappa shape index (κ3) is 2.82. The Morgan fingerprint density at radius 3 is 2.56 bits per heavy atom. The van der Waals surface area contributed by atoms with Crippen molar-refractivity contribution >= 4 is 0 Å².